The summed E-state index contributed by atoms with van der Waals surface area (Å²) in [6.45, 7) is 10.3. The number of rotatable bonds is 5. The molecule has 0 aliphatic carbocycles. The smallest absolute Gasteiger partial charge is 0.407 e. The minimum Gasteiger partial charge on any atom is -0.444 e. The maximum atomic E-state index is 11.3. The highest BCUT2D eigenvalue weighted by Crippen LogP contribution is 2.06. The van der Waals surface area contributed by atoms with Gasteiger partial charge in [0.25, 0.3) is 0 Å². The summed E-state index contributed by atoms with van der Waals surface area (Å²) >= 11 is 0. The molecule has 3 heteroatoms. The molecular formula is C14H25NO2. The standard InChI is InChI=1S/C14H25NO2/c1-6-12(7-2)10-8-9-11-15-13(16)17-14(3,4)5/h8-10H,6-7,11H2,1-5H3,(H,15,16)/b9-8+. The Labute approximate surface area is 105 Å². The van der Waals surface area contributed by atoms with Gasteiger partial charge in [-0.1, -0.05) is 37.6 Å². The molecule has 1 N–H and O–H groups in total. The molecular weight excluding hydrogens is 214 g/mol. The SMILES string of the molecule is CCC(=C/C=C/CNC(=O)OC(C)(C)C)CC. The molecule has 0 saturated carbocycles. The van der Waals surface area contributed by atoms with Gasteiger partial charge in [-0.3, -0.25) is 0 Å². The number of hydrogen-bond donors (Lipinski definition) is 1. The molecule has 3 nitrogen and oxygen atoms in total. The fraction of sp³-hybridized carbons (Fsp3) is 0.643. The number of ether oxygens (including phenoxy) is 1. The molecule has 0 bridgehead atoms. The molecule has 0 rings (SSSR count). The van der Waals surface area contributed by atoms with Crippen LogP contribution in [0.25, 0.3) is 0 Å². The van der Waals surface area contributed by atoms with E-state index in [0.29, 0.717) is 6.54 Å². The number of alkyl carbamates (subject to hydrolysis) is 1. The van der Waals surface area contributed by atoms with E-state index in [0.717, 1.165) is 12.8 Å². The van der Waals surface area contributed by atoms with Crippen LogP contribution in [0.15, 0.2) is 23.8 Å². The largest absolute Gasteiger partial charge is 0.444 e. The van der Waals surface area contributed by atoms with E-state index in [1.807, 2.05) is 32.9 Å². The molecule has 0 aromatic carbocycles. The second-order valence-electron chi connectivity index (χ2n) is 4.84. The topological polar surface area (TPSA) is 38.3 Å². The summed E-state index contributed by atoms with van der Waals surface area (Å²) in [6.07, 6.45) is 7.74. The van der Waals surface area contributed by atoms with E-state index in [-0.39, 0.29) is 6.09 Å². The summed E-state index contributed by atoms with van der Waals surface area (Å²) < 4.78 is 5.11. The fourth-order valence-corrected chi connectivity index (χ4v) is 1.21. The van der Waals surface area contributed by atoms with Gasteiger partial charge in [-0.25, -0.2) is 4.79 Å². The molecule has 1 amide bonds. The zero-order valence-electron chi connectivity index (χ0n) is 11.7. The molecule has 0 aliphatic rings. The Balaban J connectivity index is 3.88. The normalized spacial score (nSPS) is 11.4. The maximum Gasteiger partial charge on any atom is 0.407 e. The molecule has 0 spiro atoms. The quantitative estimate of drug-likeness (QED) is 0.741. The lowest BCUT2D eigenvalue weighted by Gasteiger charge is -2.19. The lowest BCUT2D eigenvalue weighted by molar-refractivity contribution is 0.0534. The van der Waals surface area contributed by atoms with Gasteiger partial charge in [0.15, 0.2) is 0 Å². The van der Waals surface area contributed by atoms with Gasteiger partial charge in [-0.2, -0.15) is 0 Å². The minimum absolute atomic E-state index is 0.377. The van der Waals surface area contributed by atoms with E-state index >= 15 is 0 Å². The number of allylic oxidation sites excluding steroid dienone is 3. The lowest BCUT2D eigenvalue weighted by atomic mass is 10.1. The van der Waals surface area contributed by atoms with Crippen LogP contribution in [-0.2, 0) is 4.74 Å². The van der Waals surface area contributed by atoms with E-state index in [2.05, 4.69) is 25.2 Å². The van der Waals surface area contributed by atoms with Crippen molar-refractivity contribution in [3.63, 3.8) is 0 Å². The summed E-state index contributed by atoms with van der Waals surface area (Å²) in [5, 5.41) is 2.67. The Hall–Kier alpha value is -1.25. The molecule has 0 aromatic heterocycles. The Bertz CT molecular complexity index is 279. The third-order valence-electron chi connectivity index (χ3n) is 2.14. The Morgan fingerprint density at radius 3 is 2.29 bits per heavy atom. The maximum absolute atomic E-state index is 11.3. The van der Waals surface area contributed by atoms with E-state index in [1.54, 1.807) is 0 Å². The monoisotopic (exact) mass is 239 g/mol. The van der Waals surface area contributed by atoms with Gasteiger partial charge in [0.1, 0.15) is 5.60 Å². The Morgan fingerprint density at radius 1 is 1.24 bits per heavy atom. The number of hydrogen-bond acceptors (Lipinski definition) is 2. The average molecular weight is 239 g/mol. The van der Waals surface area contributed by atoms with Crippen molar-refractivity contribution >= 4 is 6.09 Å². The number of amides is 1. The summed E-state index contributed by atoms with van der Waals surface area (Å²) in [5.74, 6) is 0. The van der Waals surface area contributed by atoms with Gasteiger partial charge < -0.3 is 10.1 Å². The van der Waals surface area contributed by atoms with Crippen molar-refractivity contribution in [1.82, 2.24) is 5.32 Å². The molecule has 17 heavy (non-hydrogen) atoms. The first kappa shape index (κ1) is 15.8. The van der Waals surface area contributed by atoms with Crippen LogP contribution in [-0.4, -0.2) is 18.2 Å². The number of carbonyl (C=O) groups excluding carboxylic acids is 1. The molecule has 0 aliphatic heterocycles. The summed E-state index contributed by atoms with van der Waals surface area (Å²) in [6, 6.07) is 0. The van der Waals surface area contributed by atoms with Crippen molar-refractivity contribution < 1.29 is 9.53 Å². The van der Waals surface area contributed by atoms with Gasteiger partial charge >= 0.3 is 6.09 Å². The van der Waals surface area contributed by atoms with Crippen LogP contribution >= 0.6 is 0 Å². The highest BCUT2D eigenvalue weighted by atomic mass is 16.6. The summed E-state index contributed by atoms with van der Waals surface area (Å²) in [4.78, 5) is 11.3. The lowest BCUT2D eigenvalue weighted by Crippen LogP contribution is -2.32. The third kappa shape index (κ3) is 9.67. The first-order valence-electron chi connectivity index (χ1n) is 6.20. The fourth-order valence-electron chi connectivity index (χ4n) is 1.21. The highest BCUT2D eigenvalue weighted by Gasteiger charge is 2.14. The van der Waals surface area contributed by atoms with Crippen LogP contribution in [0.3, 0.4) is 0 Å². The number of nitrogens with one attached hydrogen (secondary N) is 1. The van der Waals surface area contributed by atoms with Crippen LogP contribution in [0.2, 0.25) is 0 Å². The summed E-state index contributed by atoms with van der Waals surface area (Å²) in [5.41, 5.74) is 0.962. The van der Waals surface area contributed by atoms with Gasteiger partial charge in [0.05, 0.1) is 0 Å². The molecule has 0 saturated heterocycles. The molecule has 98 valence electrons. The van der Waals surface area contributed by atoms with E-state index in [4.69, 9.17) is 4.74 Å². The van der Waals surface area contributed by atoms with Gasteiger partial charge in [-0.15, -0.1) is 0 Å². The van der Waals surface area contributed by atoms with Crippen LogP contribution in [0.4, 0.5) is 4.79 Å². The first-order valence-corrected chi connectivity index (χ1v) is 6.20. The Morgan fingerprint density at radius 2 is 1.82 bits per heavy atom. The molecule has 0 unspecified atom stereocenters. The molecule has 0 fully saturated rings. The van der Waals surface area contributed by atoms with Crippen molar-refractivity contribution in [2.45, 2.75) is 53.1 Å². The second-order valence-corrected chi connectivity index (χ2v) is 4.84. The molecule has 0 atom stereocenters. The van der Waals surface area contributed by atoms with Gasteiger partial charge in [0.2, 0.25) is 0 Å². The van der Waals surface area contributed by atoms with Crippen molar-refractivity contribution in [2.24, 2.45) is 0 Å². The predicted octanol–water partition coefficient (Wildman–Crippen LogP) is 3.81. The van der Waals surface area contributed by atoms with Gasteiger partial charge in [0, 0.05) is 6.54 Å². The van der Waals surface area contributed by atoms with Crippen LogP contribution in [0.1, 0.15) is 47.5 Å². The zero-order chi connectivity index (χ0) is 13.3. The highest BCUT2D eigenvalue weighted by molar-refractivity contribution is 5.67. The van der Waals surface area contributed by atoms with E-state index < -0.39 is 5.60 Å². The second kappa shape index (κ2) is 7.93. The van der Waals surface area contributed by atoms with Crippen molar-refractivity contribution in [3.8, 4) is 0 Å². The van der Waals surface area contributed by atoms with E-state index in [1.165, 1.54) is 5.57 Å². The van der Waals surface area contributed by atoms with Crippen LogP contribution in [0, 0.1) is 0 Å². The predicted molar refractivity (Wildman–Crippen MR) is 72.0 cm³/mol. The average Bonchev–Trinajstić information content (AvgIpc) is 2.21. The molecule has 0 aromatic rings. The van der Waals surface area contributed by atoms with E-state index in [9.17, 15) is 4.79 Å². The number of carbonyl (C=O) groups is 1. The van der Waals surface area contributed by atoms with Crippen LogP contribution < -0.4 is 5.32 Å². The van der Waals surface area contributed by atoms with Crippen molar-refractivity contribution in [3.05, 3.63) is 23.8 Å². The van der Waals surface area contributed by atoms with Crippen molar-refractivity contribution in [1.29, 1.82) is 0 Å². The van der Waals surface area contributed by atoms with Crippen LogP contribution in [0.5, 0.6) is 0 Å². The minimum atomic E-state index is -0.439. The third-order valence-corrected chi connectivity index (χ3v) is 2.14. The zero-order valence-corrected chi connectivity index (χ0v) is 11.7. The first-order chi connectivity index (χ1) is 7.89. The van der Waals surface area contributed by atoms with Gasteiger partial charge in [-0.05, 0) is 33.6 Å². The Kier molecular flexibility index (Phi) is 7.35. The van der Waals surface area contributed by atoms with Crippen molar-refractivity contribution in [2.75, 3.05) is 6.54 Å². The summed E-state index contributed by atoms with van der Waals surface area (Å²) in [7, 11) is 0. The molecule has 0 heterocycles. The molecule has 0 radical (unpaired) electrons.